The van der Waals surface area contributed by atoms with Crippen LogP contribution in [0.25, 0.3) is 22.9 Å². The standard InChI is InChI=1S/C17H15FS.2C2H6/c1-3-13-11(2)14-6-4-5-7-15(14)17-10-12(19-18)8-9-16(13)17;2*1-2/h3,5,7-10H,1,4,6H2,2H3;2*1-2H3. The zero-order chi connectivity index (χ0) is 17.4. The molecule has 2 aromatic rings. The third kappa shape index (κ3) is 3.87. The maximum absolute atomic E-state index is 12.8. The van der Waals surface area contributed by atoms with Gasteiger partial charge in [0.05, 0.1) is 12.1 Å². The normalized spacial score (nSPS) is 11.7. The van der Waals surface area contributed by atoms with Gasteiger partial charge in [-0.1, -0.05) is 58.6 Å². The van der Waals surface area contributed by atoms with Gasteiger partial charge in [0.1, 0.15) is 0 Å². The average Bonchev–Trinajstić information content (AvgIpc) is 2.65. The molecule has 1 aliphatic carbocycles. The van der Waals surface area contributed by atoms with E-state index in [1.807, 2.05) is 52.0 Å². The van der Waals surface area contributed by atoms with Crippen LogP contribution in [0.2, 0.25) is 0 Å². The zero-order valence-electron chi connectivity index (χ0n) is 14.9. The first kappa shape index (κ1) is 19.5. The van der Waals surface area contributed by atoms with E-state index in [1.54, 1.807) is 0 Å². The predicted octanol–water partition coefficient (Wildman–Crippen LogP) is 7.78. The van der Waals surface area contributed by atoms with Crippen molar-refractivity contribution >= 4 is 35.1 Å². The molecule has 0 heterocycles. The summed E-state index contributed by atoms with van der Waals surface area (Å²) >= 11 is 0.302. The van der Waals surface area contributed by atoms with Gasteiger partial charge in [-0.15, -0.1) is 0 Å². The Labute approximate surface area is 144 Å². The van der Waals surface area contributed by atoms with Gasteiger partial charge in [-0.2, -0.15) is 3.89 Å². The molecule has 23 heavy (non-hydrogen) atoms. The third-order valence-corrected chi connectivity index (χ3v) is 4.32. The van der Waals surface area contributed by atoms with E-state index in [1.165, 1.54) is 22.3 Å². The highest BCUT2D eigenvalue weighted by Gasteiger charge is 2.15. The topological polar surface area (TPSA) is 0 Å². The SMILES string of the molecule is C=Cc1c(C)c2c(c3cc(SF)ccc13)C=CCC2.CC.CC. The molecule has 2 heteroatoms. The van der Waals surface area contributed by atoms with E-state index >= 15 is 0 Å². The summed E-state index contributed by atoms with van der Waals surface area (Å²) in [6, 6.07) is 5.78. The van der Waals surface area contributed by atoms with Crippen LogP contribution in [0.4, 0.5) is 3.89 Å². The molecule has 0 atom stereocenters. The molecular formula is C21H27FS. The van der Waals surface area contributed by atoms with E-state index in [-0.39, 0.29) is 0 Å². The lowest BCUT2D eigenvalue weighted by atomic mass is 9.85. The van der Waals surface area contributed by atoms with Crippen molar-refractivity contribution < 1.29 is 3.89 Å². The lowest BCUT2D eigenvalue weighted by Gasteiger charge is -2.20. The Kier molecular flexibility index (Phi) is 8.11. The quantitative estimate of drug-likeness (QED) is 0.541. The fraction of sp³-hybridized carbons (Fsp3) is 0.333. The van der Waals surface area contributed by atoms with Crippen molar-refractivity contribution in [3.63, 3.8) is 0 Å². The van der Waals surface area contributed by atoms with Crippen molar-refractivity contribution in [3.8, 4) is 0 Å². The van der Waals surface area contributed by atoms with Crippen molar-refractivity contribution in [1.82, 2.24) is 0 Å². The van der Waals surface area contributed by atoms with E-state index in [9.17, 15) is 3.89 Å². The minimum Gasteiger partial charge on any atom is -0.160 e. The van der Waals surface area contributed by atoms with Gasteiger partial charge in [0.25, 0.3) is 0 Å². The minimum absolute atomic E-state index is 0.302. The minimum atomic E-state index is 0.302. The molecule has 0 N–H and O–H groups in total. The predicted molar refractivity (Wildman–Crippen MR) is 106 cm³/mol. The summed E-state index contributed by atoms with van der Waals surface area (Å²) in [5, 5.41) is 2.30. The second kappa shape index (κ2) is 9.57. The molecule has 0 radical (unpaired) electrons. The van der Waals surface area contributed by atoms with Crippen LogP contribution in [0.5, 0.6) is 0 Å². The van der Waals surface area contributed by atoms with Crippen LogP contribution in [0.1, 0.15) is 56.4 Å². The molecule has 0 saturated carbocycles. The Morgan fingerprint density at radius 1 is 1.13 bits per heavy atom. The highest BCUT2D eigenvalue weighted by atomic mass is 32.2. The smallest absolute Gasteiger partial charge is 0.0812 e. The van der Waals surface area contributed by atoms with E-state index in [2.05, 4.69) is 25.7 Å². The van der Waals surface area contributed by atoms with Crippen molar-refractivity contribution in [2.75, 3.05) is 0 Å². The van der Waals surface area contributed by atoms with Crippen LogP contribution in [-0.4, -0.2) is 0 Å². The Hall–Kier alpha value is -1.54. The molecule has 0 aliphatic heterocycles. The Balaban J connectivity index is 0.000000615. The zero-order valence-corrected chi connectivity index (χ0v) is 15.7. The van der Waals surface area contributed by atoms with Crippen molar-refractivity contribution in [2.24, 2.45) is 0 Å². The van der Waals surface area contributed by atoms with Gasteiger partial charge in [-0.3, -0.25) is 0 Å². The fourth-order valence-electron chi connectivity index (χ4n) is 2.96. The number of hydrogen-bond acceptors (Lipinski definition) is 1. The third-order valence-electron chi connectivity index (χ3n) is 3.89. The number of hydrogen-bond donors (Lipinski definition) is 0. The summed E-state index contributed by atoms with van der Waals surface area (Å²) in [5.74, 6) is 0. The summed E-state index contributed by atoms with van der Waals surface area (Å²) < 4.78 is 12.8. The monoisotopic (exact) mass is 330 g/mol. The molecular weight excluding hydrogens is 303 g/mol. The Morgan fingerprint density at radius 3 is 2.43 bits per heavy atom. The van der Waals surface area contributed by atoms with Crippen LogP contribution in [0.15, 0.2) is 35.7 Å². The molecule has 0 unspecified atom stereocenters. The number of allylic oxidation sites excluding steroid dienone is 1. The van der Waals surface area contributed by atoms with E-state index in [0.29, 0.717) is 17.0 Å². The van der Waals surface area contributed by atoms with Gasteiger partial charge in [0, 0.05) is 4.90 Å². The first-order valence-electron chi connectivity index (χ1n) is 8.43. The number of fused-ring (bicyclic) bond motifs is 3. The Bertz CT molecular complexity index is 699. The van der Waals surface area contributed by atoms with E-state index in [0.717, 1.165) is 23.6 Å². The molecule has 0 saturated heterocycles. The molecule has 1 aliphatic rings. The second-order valence-corrected chi connectivity index (χ2v) is 5.49. The van der Waals surface area contributed by atoms with Gasteiger partial charge in [0.2, 0.25) is 0 Å². The average molecular weight is 331 g/mol. The highest BCUT2D eigenvalue weighted by Crippen LogP contribution is 2.36. The number of benzene rings is 2. The van der Waals surface area contributed by atoms with Gasteiger partial charge < -0.3 is 0 Å². The maximum atomic E-state index is 12.8. The molecule has 0 fully saturated rings. The van der Waals surface area contributed by atoms with Gasteiger partial charge >= 0.3 is 0 Å². The van der Waals surface area contributed by atoms with Gasteiger partial charge in [-0.25, -0.2) is 0 Å². The highest BCUT2D eigenvalue weighted by molar-refractivity contribution is 7.94. The van der Waals surface area contributed by atoms with Crippen LogP contribution < -0.4 is 0 Å². The first-order valence-corrected chi connectivity index (χ1v) is 9.14. The van der Waals surface area contributed by atoms with Gasteiger partial charge in [0.15, 0.2) is 0 Å². The van der Waals surface area contributed by atoms with Gasteiger partial charge in [-0.05, 0) is 64.9 Å². The molecule has 0 aromatic heterocycles. The summed E-state index contributed by atoms with van der Waals surface area (Å²) in [5.41, 5.74) is 5.12. The fourth-order valence-corrected chi connectivity index (χ4v) is 3.24. The summed E-state index contributed by atoms with van der Waals surface area (Å²) in [4.78, 5) is 0.660. The first-order chi connectivity index (χ1) is 11.3. The Morgan fingerprint density at radius 2 is 1.83 bits per heavy atom. The molecule has 0 amide bonds. The summed E-state index contributed by atoms with van der Waals surface area (Å²) in [7, 11) is 0. The number of halogens is 1. The molecule has 124 valence electrons. The van der Waals surface area contributed by atoms with Crippen molar-refractivity contribution in [3.05, 3.63) is 53.1 Å². The molecule has 2 aromatic carbocycles. The lowest BCUT2D eigenvalue weighted by molar-refractivity contribution is 0.934. The second-order valence-electron chi connectivity index (χ2n) is 4.86. The van der Waals surface area contributed by atoms with Crippen LogP contribution in [0, 0.1) is 6.92 Å². The largest absolute Gasteiger partial charge is 0.160 e. The van der Waals surface area contributed by atoms with Crippen molar-refractivity contribution in [1.29, 1.82) is 0 Å². The van der Waals surface area contributed by atoms with Crippen LogP contribution in [0.3, 0.4) is 0 Å². The summed E-state index contributed by atoms with van der Waals surface area (Å²) in [6.45, 7) is 14.1. The molecule has 3 rings (SSSR count). The lowest BCUT2D eigenvalue weighted by Crippen LogP contribution is -2.01. The van der Waals surface area contributed by atoms with Crippen LogP contribution >= 0.6 is 12.1 Å². The molecule has 0 nitrogen and oxygen atoms in total. The van der Waals surface area contributed by atoms with Crippen molar-refractivity contribution in [2.45, 2.75) is 52.4 Å². The molecule has 0 spiro atoms. The summed E-state index contributed by atoms with van der Waals surface area (Å²) in [6.07, 6.45) is 8.42. The number of rotatable bonds is 2. The van der Waals surface area contributed by atoms with E-state index < -0.39 is 0 Å². The van der Waals surface area contributed by atoms with E-state index in [4.69, 9.17) is 0 Å². The molecule has 0 bridgehead atoms. The maximum Gasteiger partial charge on any atom is 0.0812 e. The van der Waals surface area contributed by atoms with Crippen LogP contribution in [-0.2, 0) is 6.42 Å².